The number of amides is 1. The van der Waals surface area contributed by atoms with Gasteiger partial charge >= 0.3 is 5.97 Å². The van der Waals surface area contributed by atoms with E-state index in [0.29, 0.717) is 31.7 Å². The van der Waals surface area contributed by atoms with Crippen molar-refractivity contribution in [1.82, 2.24) is 4.90 Å². The summed E-state index contributed by atoms with van der Waals surface area (Å²) in [5.74, 6) is -0.410. The zero-order chi connectivity index (χ0) is 19.7. The summed E-state index contributed by atoms with van der Waals surface area (Å²) < 4.78 is 10.9. The summed E-state index contributed by atoms with van der Waals surface area (Å²) in [5.41, 5.74) is 1.44. The van der Waals surface area contributed by atoms with Gasteiger partial charge in [-0.2, -0.15) is 0 Å². The van der Waals surface area contributed by atoms with Crippen molar-refractivity contribution in [2.24, 2.45) is 11.3 Å². The minimum absolute atomic E-state index is 0.147. The Morgan fingerprint density at radius 3 is 2.79 bits per heavy atom. The molecule has 6 heteroatoms. The largest absolute Gasteiger partial charge is 0.496 e. The highest BCUT2D eigenvalue weighted by Crippen LogP contribution is 2.43. The van der Waals surface area contributed by atoms with Crippen LogP contribution in [0.25, 0.3) is 11.1 Å². The highest BCUT2D eigenvalue weighted by atomic mass is 16.5. The molecular formula is C22H23NO5. The monoisotopic (exact) mass is 381 g/mol. The molecule has 2 aromatic carbocycles. The smallest absolute Gasteiger partial charge is 0.311 e. The summed E-state index contributed by atoms with van der Waals surface area (Å²) in [6.45, 7) is 1.45. The number of hydrogen-bond donors (Lipinski definition) is 1. The Kier molecular flexibility index (Phi) is 4.81. The second kappa shape index (κ2) is 7.28. The lowest BCUT2D eigenvalue weighted by atomic mass is 9.74. The van der Waals surface area contributed by atoms with Crippen LogP contribution in [0, 0.1) is 11.3 Å². The van der Waals surface area contributed by atoms with Gasteiger partial charge in [-0.15, -0.1) is 0 Å². The van der Waals surface area contributed by atoms with Crippen LogP contribution in [-0.2, 0) is 9.53 Å². The van der Waals surface area contributed by atoms with Gasteiger partial charge in [-0.25, -0.2) is 0 Å². The number of carbonyl (C=O) groups excluding carboxylic acids is 1. The number of hydrogen-bond acceptors (Lipinski definition) is 4. The minimum atomic E-state index is -0.895. The maximum absolute atomic E-state index is 13.2. The fraction of sp³-hybridized carbons (Fsp3) is 0.364. The number of fused-ring (bicyclic) bond motifs is 1. The Morgan fingerprint density at radius 2 is 2.04 bits per heavy atom. The molecule has 6 nitrogen and oxygen atoms in total. The van der Waals surface area contributed by atoms with E-state index in [4.69, 9.17) is 9.47 Å². The Morgan fingerprint density at radius 1 is 1.21 bits per heavy atom. The molecule has 2 heterocycles. The molecule has 2 aliphatic heterocycles. The number of para-hydroxylation sites is 1. The number of carbonyl (C=O) groups is 2. The first-order valence-corrected chi connectivity index (χ1v) is 9.39. The molecule has 2 fully saturated rings. The number of nitrogens with zero attached hydrogens (tertiary/aromatic N) is 1. The predicted octanol–water partition coefficient (Wildman–Crippen LogP) is 2.93. The lowest BCUT2D eigenvalue weighted by molar-refractivity contribution is -0.157. The number of methoxy groups -OCH3 is 1. The Labute approximate surface area is 163 Å². The topological polar surface area (TPSA) is 76.1 Å². The van der Waals surface area contributed by atoms with E-state index >= 15 is 0 Å². The molecule has 1 N–H and O–H groups in total. The zero-order valence-electron chi connectivity index (χ0n) is 15.8. The molecule has 0 bridgehead atoms. The molecule has 28 heavy (non-hydrogen) atoms. The molecule has 2 aromatic rings. The second-order valence-electron chi connectivity index (χ2n) is 7.45. The lowest BCUT2D eigenvalue weighted by Crippen LogP contribution is -2.45. The van der Waals surface area contributed by atoms with Gasteiger partial charge in [-0.1, -0.05) is 30.3 Å². The van der Waals surface area contributed by atoms with E-state index in [2.05, 4.69) is 0 Å². The van der Waals surface area contributed by atoms with Crippen molar-refractivity contribution >= 4 is 11.9 Å². The van der Waals surface area contributed by atoms with Gasteiger partial charge in [0, 0.05) is 36.7 Å². The highest BCUT2D eigenvalue weighted by molar-refractivity contribution is 5.96. The molecule has 2 aliphatic rings. The van der Waals surface area contributed by atoms with Gasteiger partial charge in [0.05, 0.1) is 19.1 Å². The fourth-order valence-electron chi connectivity index (χ4n) is 4.34. The highest BCUT2D eigenvalue weighted by Gasteiger charge is 2.54. The van der Waals surface area contributed by atoms with Crippen LogP contribution in [0.4, 0.5) is 0 Å². The van der Waals surface area contributed by atoms with Crippen molar-refractivity contribution in [1.29, 1.82) is 0 Å². The van der Waals surface area contributed by atoms with E-state index in [1.54, 1.807) is 18.1 Å². The third-order valence-electron chi connectivity index (χ3n) is 5.95. The fourth-order valence-corrected chi connectivity index (χ4v) is 4.34. The summed E-state index contributed by atoms with van der Waals surface area (Å²) in [5, 5.41) is 9.81. The number of carboxylic acid groups (broad SMARTS) is 1. The van der Waals surface area contributed by atoms with Crippen LogP contribution in [0.15, 0.2) is 48.5 Å². The van der Waals surface area contributed by atoms with E-state index in [1.807, 2.05) is 42.5 Å². The zero-order valence-corrected chi connectivity index (χ0v) is 15.8. The standard InChI is InChI=1S/C22H23NO5/c1-27-19-8-3-2-7-18(19)15-5-4-6-16(11-15)20(24)23-12-17-13-28-10-9-22(17,14-23)21(25)26/h2-8,11,17H,9-10,12-14H2,1H3,(H,25,26)/t17-,22+/m1/s1. The molecule has 0 unspecified atom stereocenters. The van der Waals surface area contributed by atoms with Crippen molar-refractivity contribution in [3.63, 3.8) is 0 Å². The lowest BCUT2D eigenvalue weighted by Gasteiger charge is -2.33. The molecule has 0 aromatic heterocycles. The van der Waals surface area contributed by atoms with E-state index in [0.717, 1.165) is 16.9 Å². The number of aliphatic carboxylic acids is 1. The minimum Gasteiger partial charge on any atom is -0.496 e. The van der Waals surface area contributed by atoms with Crippen LogP contribution in [0.5, 0.6) is 5.75 Å². The van der Waals surface area contributed by atoms with Gasteiger partial charge < -0.3 is 19.5 Å². The summed E-state index contributed by atoms with van der Waals surface area (Å²) in [6.07, 6.45) is 0.442. The molecule has 4 rings (SSSR count). The molecule has 2 atom stereocenters. The van der Waals surface area contributed by atoms with E-state index < -0.39 is 11.4 Å². The average molecular weight is 381 g/mol. The third-order valence-corrected chi connectivity index (χ3v) is 5.95. The molecule has 0 spiro atoms. The molecule has 146 valence electrons. The average Bonchev–Trinajstić information content (AvgIpc) is 3.14. The third kappa shape index (κ3) is 3.03. The van der Waals surface area contributed by atoms with Gasteiger partial charge in [0.15, 0.2) is 0 Å². The van der Waals surface area contributed by atoms with Gasteiger partial charge in [0.1, 0.15) is 5.75 Å². The second-order valence-corrected chi connectivity index (χ2v) is 7.45. The van der Waals surface area contributed by atoms with Crippen molar-refractivity contribution in [2.45, 2.75) is 6.42 Å². The Hall–Kier alpha value is -2.86. The van der Waals surface area contributed by atoms with Gasteiger partial charge in [0.25, 0.3) is 5.91 Å². The molecule has 0 saturated carbocycles. The summed E-state index contributed by atoms with van der Waals surface area (Å²) in [6, 6.07) is 15.0. The number of benzene rings is 2. The maximum atomic E-state index is 13.2. The van der Waals surface area contributed by atoms with Crippen LogP contribution in [0.1, 0.15) is 16.8 Å². The van der Waals surface area contributed by atoms with Gasteiger partial charge in [0.2, 0.25) is 0 Å². The van der Waals surface area contributed by atoms with Crippen LogP contribution in [0.3, 0.4) is 0 Å². The number of rotatable bonds is 4. The predicted molar refractivity (Wildman–Crippen MR) is 103 cm³/mol. The van der Waals surface area contributed by atoms with Crippen molar-refractivity contribution in [3.8, 4) is 16.9 Å². The van der Waals surface area contributed by atoms with Crippen LogP contribution < -0.4 is 4.74 Å². The van der Waals surface area contributed by atoms with Crippen molar-refractivity contribution in [2.75, 3.05) is 33.4 Å². The van der Waals surface area contributed by atoms with Crippen molar-refractivity contribution in [3.05, 3.63) is 54.1 Å². The van der Waals surface area contributed by atoms with Crippen LogP contribution >= 0.6 is 0 Å². The first-order valence-electron chi connectivity index (χ1n) is 9.39. The quantitative estimate of drug-likeness (QED) is 0.881. The summed E-state index contributed by atoms with van der Waals surface area (Å²) in [4.78, 5) is 26.8. The number of ether oxygens (including phenoxy) is 2. The van der Waals surface area contributed by atoms with E-state index in [1.165, 1.54) is 0 Å². The normalized spacial score (nSPS) is 23.9. The molecule has 0 radical (unpaired) electrons. The number of likely N-dealkylation sites (tertiary alicyclic amines) is 1. The SMILES string of the molecule is COc1ccccc1-c1cccc(C(=O)N2C[C@@H]3COCC[C@]3(C(=O)O)C2)c1. The van der Waals surface area contributed by atoms with Crippen LogP contribution in [-0.4, -0.2) is 55.3 Å². The van der Waals surface area contributed by atoms with Gasteiger partial charge in [-0.3, -0.25) is 9.59 Å². The maximum Gasteiger partial charge on any atom is 0.311 e. The molecule has 1 amide bonds. The first-order chi connectivity index (χ1) is 13.5. The van der Waals surface area contributed by atoms with Crippen molar-refractivity contribution < 1.29 is 24.2 Å². The van der Waals surface area contributed by atoms with Gasteiger partial charge in [-0.05, 0) is 30.2 Å². The van der Waals surface area contributed by atoms with Crippen LogP contribution in [0.2, 0.25) is 0 Å². The summed E-state index contributed by atoms with van der Waals surface area (Å²) >= 11 is 0. The molecular weight excluding hydrogens is 358 g/mol. The molecule has 0 aliphatic carbocycles. The summed E-state index contributed by atoms with van der Waals surface area (Å²) in [7, 11) is 1.62. The Balaban J connectivity index is 1.62. The molecule has 2 saturated heterocycles. The van der Waals surface area contributed by atoms with E-state index in [9.17, 15) is 14.7 Å². The number of carboxylic acids is 1. The van der Waals surface area contributed by atoms with E-state index in [-0.39, 0.29) is 18.4 Å². The Bertz CT molecular complexity index is 911. The first kappa shape index (κ1) is 18.5.